The smallest absolute Gasteiger partial charge is 0.321 e. The topological polar surface area (TPSA) is 85.8 Å². The molecule has 1 saturated carbocycles. The first-order valence-electron chi connectivity index (χ1n) is 11.7. The lowest BCUT2D eigenvalue weighted by Gasteiger charge is -2.30. The normalized spacial score (nSPS) is 22.1. The number of guanidine groups is 1. The summed E-state index contributed by atoms with van der Waals surface area (Å²) in [6.45, 7) is 7.04. The highest BCUT2D eigenvalue weighted by Crippen LogP contribution is 2.23. The number of benzene rings is 1. The second-order valence-electron chi connectivity index (χ2n) is 8.32. The van der Waals surface area contributed by atoms with E-state index >= 15 is 0 Å². The molecule has 9 heteroatoms. The largest absolute Gasteiger partial charge is 0.357 e. The number of aliphatic imine (C=N–C) groups is 1. The van der Waals surface area contributed by atoms with Crippen LogP contribution < -0.4 is 16.0 Å². The van der Waals surface area contributed by atoms with E-state index < -0.39 is 10.8 Å². The van der Waals surface area contributed by atoms with Crippen LogP contribution in [0.1, 0.15) is 57.9 Å². The predicted octanol–water partition coefficient (Wildman–Crippen LogP) is 4.07. The molecule has 0 spiro atoms. The fourth-order valence-electron chi connectivity index (χ4n) is 4.30. The first-order valence-corrected chi connectivity index (χ1v) is 13.0. The highest BCUT2D eigenvalue weighted by molar-refractivity contribution is 14.0. The Balaban J connectivity index is 0.00000363. The van der Waals surface area contributed by atoms with Crippen molar-refractivity contribution in [3.63, 3.8) is 0 Å². The van der Waals surface area contributed by atoms with Gasteiger partial charge in [-0.3, -0.25) is 4.21 Å². The van der Waals surface area contributed by atoms with Gasteiger partial charge < -0.3 is 20.9 Å². The van der Waals surface area contributed by atoms with Crippen LogP contribution in [0.2, 0.25) is 0 Å². The van der Waals surface area contributed by atoms with Crippen molar-refractivity contribution in [3.05, 3.63) is 29.8 Å². The summed E-state index contributed by atoms with van der Waals surface area (Å²) in [4.78, 5) is 19.0. The number of hydrogen-bond donors (Lipinski definition) is 3. The number of hydrogen-bond acceptors (Lipinski definition) is 3. The molecule has 0 aromatic heterocycles. The summed E-state index contributed by atoms with van der Waals surface area (Å²) in [5, 5.41) is 10.2. The number of carbonyl (C=O) groups excluding carboxylic acids is 1. The average molecular weight is 576 g/mol. The van der Waals surface area contributed by atoms with Gasteiger partial charge in [0.15, 0.2) is 5.96 Å². The lowest BCUT2D eigenvalue weighted by atomic mass is 9.95. The third-order valence-corrected chi connectivity index (χ3v) is 7.70. The number of anilines is 1. The van der Waals surface area contributed by atoms with Crippen molar-refractivity contribution in [2.75, 3.05) is 30.7 Å². The van der Waals surface area contributed by atoms with Gasteiger partial charge in [0, 0.05) is 53.2 Å². The van der Waals surface area contributed by atoms with Gasteiger partial charge in [-0.15, -0.1) is 24.0 Å². The summed E-state index contributed by atoms with van der Waals surface area (Å²) in [7, 11) is -0.733. The number of nitrogens with one attached hydrogen (secondary N) is 3. The third-order valence-electron chi connectivity index (χ3n) is 5.96. The third kappa shape index (κ3) is 8.20. The molecule has 180 valence electrons. The summed E-state index contributed by atoms with van der Waals surface area (Å²) in [5.74, 6) is 1.53. The number of urea groups is 1. The van der Waals surface area contributed by atoms with E-state index in [9.17, 15) is 9.00 Å². The molecule has 32 heavy (non-hydrogen) atoms. The van der Waals surface area contributed by atoms with Crippen molar-refractivity contribution in [1.29, 1.82) is 0 Å². The van der Waals surface area contributed by atoms with E-state index in [-0.39, 0.29) is 35.3 Å². The van der Waals surface area contributed by atoms with E-state index in [1.807, 2.05) is 36.1 Å². The Labute approximate surface area is 212 Å². The molecule has 3 N–H and O–H groups in total. The van der Waals surface area contributed by atoms with Gasteiger partial charge in [-0.05, 0) is 56.7 Å². The molecule has 1 saturated heterocycles. The zero-order chi connectivity index (χ0) is 22.1. The molecule has 1 aliphatic carbocycles. The molecular weight excluding hydrogens is 537 g/mol. The molecule has 7 nitrogen and oxygen atoms in total. The Morgan fingerprint density at radius 2 is 1.97 bits per heavy atom. The lowest BCUT2D eigenvalue weighted by Crippen LogP contribution is -2.46. The number of nitrogens with zero attached hydrogens (tertiary/aromatic N) is 2. The summed E-state index contributed by atoms with van der Waals surface area (Å²) in [6, 6.07) is 8.17. The second kappa shape index (κ2) is 14.0. The average Bonchev–Trinajstić information content (AvgIpc) is 3.33. The Kier molecular flexibility index (Phi) is 11.8. The van der Waals surface area contributed by atoms with E-state index in [0.717, 1.165) is 81.1 Å². The summed E-state index contributed by atoms with van der Waals surface area (Å²) < 4.78 is 12.2. The minimum atomic E-state index is -0.733. The van der Waals surface area contributed by atoms with Crippen molar-refractivity contribution in [2.24, 2.45) is 4.99 Å². The van der Waals surface area contributed by atoms with E-state index in [4.69, 9.17) is 4.99 Å². The van der Waals surface area contributed by atoms with Gasteiger partial charge in [-0.25, -0.2) is 9.79 Å². The molecule has 3 rings (SSSR count). The quantitative estimate of drug-likeness (QED) is 0.260. The van der Waals surface area contributed by atoms with Crippen LogP contribution in [-0.4, -0.2) is 57.8 Å². The van der Waals surface area contributed by atoms with Crippen molar-refractivity contribution >= 4 is 52.5 Å². The summed E-state index contributed by atoms with van der Waals surface area (Å²) in [6.07, 6.45) is 6.34. The Hall–Kier alpha value is -1.36. The zero-order valence-electron chi connectivity index (χ0n) is 19.3. The molecule has 2 amide bonds. The monoisotopic (exact) mass is 575 g/mol. The number of carbonyl (C=O) groups is 1. The highest BCUT2D eigenvalue weighted by Gasteiger charge is 2.26. The maximum absolute atomic E-state index is 12.3. The van der Waals surface area contributed by atoms with Gasteiger partial charge in [0.25, 0.3) is 0 Å². The maximum Gasteiger partial charge on any atom is 0.321 e. The standard InChI is InChI=1S/C23H37N5O2S.HI/c1-3-24-22(26-20-11-8-12-21(16-20)31(30)4-2)25-17-18-9-7-10-19(15-18)27-23(29)28-13-5-6-14-28;/h7,9-10,15,20-21H,3-6,8,11-14,16-17H2,1-2H3,(H,27,29)(H2,24,25,26);1H. The number of halogens is 1. The van der Waals surface area contributed by atoms with E-state index in [1.165, 1.54) is 0 Å². The number of amides is 2. The molecule has 0 radical (unpaired) electrons. The Morgan fingerprint density at radius 1 is 1.19 bits per heavy atom. The molecule has 1 aromatic rings. The minimum absolute atomic E-state index is 0. The lowest BCUT2D eigenvalue weighted by molar-refractivity contribution is 0.222. The number of likely N-dealkylation sites (tertiary alicyclic amines) is 1. The van der Waals surface area contributed by atoms with E-state index in [2.05, 4.69) is 22.9 Å². The van der Waals surface area contributed by atoms with Crippen LogP contribution in [-0.2, 0) is 17.3 Å². The molecule has 0 bridgehead atoms. The van der Waals surface area contributed by atoms with Gasteiger partial charge in [-0.2, -0.15) is 0 Å². The minimum Gasteiger partial charge on any atom is -0.357 e. The van der Waals surface area contributed by atoms with Gasteiger partial charge >= 0.3 is 6.03 Å². The number of rotatable bonds is 7. The molecular formula is C23H38IN5O2S. The Morgan fingerprint density at radius 3 is 2.69 bits per heavy atom. The van der Waals surface area contributed by atoms with Crippen LogP contribution >= 0.6 is 24.0 Å². The van der Waals surface area contributed by atoms with Crippen LogP contribution in [0.4, 0.5) is 10.5 Å². The first kappa shape index (κ1) is 26.9. The molecule has 1 aliphatic heterocycles. The van der Waals surface area contributed by atoms with Gasteiger partial charge in [-0.1, -0.05) is 25.5 Å². The fraction of sp³-hybridized carbons (Fsp3) is 0.652. The molecule has 2 fully saturated rings. The van der Waals surface area contributed by atoms with Gasteiger partial charge in [0.2, 0.25) is 0 Å². The van der Waals surface area contributed by atoms with Gasteiger partial charge in [0.05, 0.1) is 6.54 Å². The molecule has 3 atom stereocenters. The summed E-state index contributed by atoms with van der Waals surface area (Å²) >= 11 is 0. The van der Waals surface area contributed by atoms with E-state index in [0.29, 0.717) is 12.6 Å². The molecule has 1 heterocycles. The van der Waals surface area contributed by atoms with Crippen molar-refractivity contribution in [2.45, 2.75) is 70.2 Å². The van der Waals surface area contributed by atoms with Crippen molar-refractivity contribution in [1.82, 2.24) is 15.5 Å². The molecule has 2 aliphatic rings. The van der Waals surface area contributed by atoms with E-state index in [1.54, 1.807) is 0 Å². The highest BCUT2D eigenvalue weighted by atomic mass is 127. The van der Waals surface area contributed by atoms with Crippen molar-refractivity contribution in [3.8, 4) is 0 Å². The predicted molar refractivity (Wildman–Crippen MR) is 144 cm³/mol. The van der Waals surface area contributed by atoms with Crippen LogP contribution in [0.15, 0.2) is 29.3 Å². The van der Waals surface area contributed by atoms with Crippen LogP contribution in [0.25, 0.3) is 0 Å². The molecule has 1 aromatic carbocycles. The van der Waals surface area contributed by atoms with Crippen LogP contribution in [0.5, 0.6) is 0 Å². The summed E-state index contributed by atoms with van der Waals surface area (Å²) in [5.41, 5.74) is 1.85. The van der Waals surface area contributed by atoms with Crippen LogP contribution in [0, 0.1) is 0 Å². The second-order valence-corrected chi connectivity index (χ2v) is 10.3. The van der Waals surface area contributed by atoms with Crippen LogP contribution in [0.3, 0.4) is 0 Å². The molecule has 3 unspecified atom stereocenters. The Bertz CT molecular complexity index is 785. The zero-order valence-corrected chi connectivity index (χ0v) is 22.4. The fourth-order valence-corrected chi connectivity index (χ4v) is 5.65. The SMILES string of the molecule is CCNC(=NCc1cccc(NC(=O)N2CCCC2)c1)NC1CCCC(S(=O)CC)C1.I. The maximum atomic E-state index is 12.3. The van der Waals surface area contributed by atoms with Crippen molar-refractivity contribution < 1.29 is 9.00 Å². The first-order chi connectivity index (χ1) is 15.1. The van der Waals surface area contributed by atoms with Gasteiger partial charge in [0.1, 0.15) is 0 Å².